The summed E-state index contributed by atoms with van der Waals surface area (Å²) >= 11 is 5.94. The summed E-state index contributed by atoms with van der Waals surface area (Å²) in [6, 6.07) is 8.39. The Morgan fingerprint density at radius 2 is 2.18 bits per heavy atom. The highest BCUT2D eigenvalue weighted by molar-refractivity contribution is 6.31. The van der Waals surface area contributed by atoms with Crippen molar-refractivity contribution in [3.63, 3.8) is 0 Å². The highest BCUT2D eigenvalue weighted by Crippen LogP contribution is 2.34. The number of nitrogens with zero attached hydrogens (tertiary/aromatic N) is 3. The molecule has 34 heavy (non-hydrogen) atoms. The van der Waals surface area contributed by atoms with Crippen molar-refractivity contribution < 1.29 is 18.7 Å². The standard InChI is InChI=1S/C25H24ClFN4O3/c1-2-24(32)31-11-15(12-31)7-16-8-19-22(10-23(16)34-18-5-6-33-13-18)28-14-29-25(19)30-17-3-4-21(27)20(26)9-17/h2-4,8-10,14-15,18H,1,5-7,11-13H2,(H,28,29,30). The quantitative estimate of drug-likeness (QED) is 0.499. The average Bonchev–Trinajstić information content (AvgIpc) is 3.31. The molecule has 3 heterocycles. The van der Waals surface area contributed by atoms with Crippen molar-refractivity contribution in [1.29, 1.82) is 0 Å². The Morgan fingerprint density at radius 3 is 2.91 bits per heavy atom. The van der Waals surface area contributed by atoms with Crippen LogP contribution in [-0.2, 0) is 16.0 Å². The summed E-state index contributed by atoms with van der Waals surface area (Å²) in [6.45, 7) is 6.17. The lowest BCUT2D eigenvalue weighted by atomic mass is 9.91. The van der Waals surface area contributed by atoms with Crippen molar-refractivity contribution in [1.82, 2.24) is 14.9 Å². The van der Waals surface area contributed by atoms with Crippen LogP contribution in [0.2, 0.25) is 5.02 Å². The number of hydrogen-bond donors (Lipinski definition) is 1. The highest BCUT2D eigenvalue weighted by atomic mass is 35.5. The summed E-state index contributed by atoms with van der Waals surface area (Å²) in [5.74, 6) is 1.14. The van der Waals surface area contributed by atoms with Gasteiger partial charge < -0.3 is 19.7 Å². The molecular formula is C25H24ClFN4O3. The Hall–Kier alpha value is -3.23. The molecule has 2 saturated heterocycles. The number of halogens is 2. The Kier molecular flexibility index (Phi) is 6.34. The lowest BCUT2D eigenvalue weighted by Gasteiger charge is -2.39. The molecule has 0 spiro atoms. The van der Waals surface area contributed by atoms with Crippen LogP contribution >= 0.6 is 11.6 Å². The number of carbonyl (C=O) groups is 1. The van der Waals surface area contributed by atoms with Crippen LogP contribution in [0.1, 0.15) is 12.0 Å². The maximum Gasteiger partial charge on any atom is 0.245 e. The molecule has 2 aromatic carbocycles. The summed E-state index contributed by atoms with van der Waals surface area (Å²) in [6.07, 6.45) is 4.40. The van der Waals surface area contributed by atoms with Gasteiger partial charge in [0.05, 0.1) is 23.8 Å². The smallest absolute Gasteiger partial charge is 0.245 e. The van der Waals surface area contributed by atoms with Crippen LogP contribution in [0, 0.1) is 11.7 Å². The van der Waals surface area contributed by atoms with Gasteiger partial charge in [-0.1, -0.05) is 18.2 Å². The minimum absolute atomic E-state index is 0.00257. The maximum atomic E-state index is 13.6. The third-order valence-corrected chi connectivity index (χ3v) is 6.42. The predicted molar refractivity (Wildman–Crippen MR) is 128 cm³/mol. The van der Waals surface area contributed by atoms with Gasteiger partial charge in [0.1, 0.15) is 29.8 Å². The number of likely N-dealkylation sites (tertiary alicyclic amines) is 1. The van der Waals surface area contributed by atoms with E-state index in [2.05, 4.69) is 21.9 Å². The number of amides is 1. The summed E-state index contributed by atoms with van der Waals surface area (Å²) < 4.78 is 25.4. The Morgan fingerprint density at radius 1 is 1.32 bits per heavy atom. The summed E-state index contributed by atoms with van der Waals surface area (Å²) in [5.41, 5.74) is 2.36. The lowest BCUT2D eigenvalue weighted by Crippen LogP contribution is -2.50. The summed E-state index contributed by atoms with van der Waals surface area (Å²) in [4.78, 5) is 22.5. The van der Waals surface area contributed by atoms with Gasteiger partial charge in [-0.2, -0.15) is 0 Å². The van der Waals surface area contributed by atoms with E-state index in [0.29, 0.717) is 43.7 Å². The molecule has 0 saturated carbocycles. The van der Waals surface area contributed by atoms with Crippen LogP contribution in [0.4, 0.5) is 15.9 Å². The van der Waals surface area contributed by atoms with E-state index in [-0.39, 0.29) is 17.0 Å². The Labute approximate surface area is 201 Å². The number of nitrogens with one attached hydrogen (secondary N) is 1. The second-order valence-electron chi connectivity index (χ2n) is 8.57. The van der Waals surface area contributed by atoms with Gasteiger partial charge in [-0.15, -0.1) is 0 Å². The molecule has 2 fully saturated rings. The molecule has 1 atom stereocenters. The van der Waals surface area contributed by atoms with Gasteiger partial charge in [0.2, 0.25) is 5.91 Å². The van der Waals surface area contributed by atoms with E-state index in [1.807, 2.05) is 12.1 Å². The number of fused-ring (bicyclic) bond motifs is 1. The van der Waals surface area contributed by atoms with E-state index in [9.17, 15) is 9.18 Å². The maximum absolute atomic E-state index is 13.6. The van der Waals surface area contributed by atoms with Crippen LogP contribution in [0.5, 0.6) is 5.75 Å². The topological polar surface area (TPSA) is 76.6 Å². The number of carbonyl (C=O) groups excluding carboxylic acids is 1. The Balaban J connectivity index is 1.46. The van der Waals surface area contributed by atoms with Crippen LogP contribution in [-0.4, -0.2) is 53.2 Å². The molecule has 1 aromatic heterocycles. The molecule has 1 amide bonds. The number of ether oxygens (including phenoxy) is 2. The van der Waals surface area contributed by atoms with Gasteiger partial charge in [0.15, 0.2) is 0 Å². The van der Waals surface area contributed by atoms with E-state index in [1.54, 1.807) is 11.0 Å². The van der Waals surface area contributed by atoms with Crippen molar-refractivity contribution in [3.05, 3.63) is 65.7 Å². The van der Waals surface area contributed by atoms with Crippen molar-refractivity contribution in [2.75, 3.05) is 31.6 Å². The zero-order chi connectivity index (χ0) is 23.7. The van der Waals surface area contributed by atoms with Gasteiger partial charge in [-0.05, 0) is 48.2 Å². The van der Waals surface area contributed by atoms with Crippen molar-refractivity contribution in [2.45, 2.75) is 18.9 Å². The summed E-state index contributed by atoms with van der Waals surface area (Å²) in [7, 11) is 0. The van der Waals surface area contributed by atoms with Gasteiger partial charge in [-0.25, -0.2) is 14.4 Å². The van der Waals surface area contributed by atoms with Gasteiger partial charge in [0.25, 0.3) is 0 Å². The minimum atomic E-state index is -0.482. The van der Waals surface area contributed by atoms with E-state index < -0.39 is 5.82 Å². The molecule has 0 radical (unpaired) electrons. The van der Waals surface area contributed by atoms with Gasteiger partial charge >= 0.3 is 0 Å². The fourth-order valence-corrected chi connectivity index (χ4v) is 4.49. The Bertz CT molecular complexity index is 1240. The summed E-state index contributed by atoms with van der Waals surface area (Å²) in [5, 5.41) is 4.06. The fraction of sp³-hybridized carbons (Fsp3) is 0.320. The molecule has 9 heteroatoms. The van der Waals surface area contributed by atoms with Gasteiger partial charge in [-0.3, -0.25) is 4.79 Å². The van der Waals surface area contributed by atoms with E-state index in [0.717, 1.165) is 35.1 Å². The monoisotopic (exact) mass is 482 g/mol. The molecule has 0 aliphatic carbocycles. The lowest BCUT2D eigenvalue weighted by molar-refractivity contribution is -0.132. The van der Waals surface area contributed by atoms with E-state index in [4.69, 9.17) is 21.1 Å². The van der Waals surface area contributed by atoms with Crippen LogP contribution in [0.3, 0.4) is 0 Å². The molecule has 5 rings (SSSR count). The fourth-order valence-electron chi connectivity index (χ4n) is 4.31. The third-order valence-electron chi connectivity index (χ3n) is 6.13. The largest absolute Gasteiger partial charge is 0.488 e. The molecule has 7 nitrogen and oxygen atoms in total. The van der Waals surface area contributed by atoms with Crippen LogP contribution in [0.25, 0.3) is 10.9 Å². The van der Waals surface area contributed by atoms with Gasteiger partial charge in [0, 0.05) is 36.7 Å². The van der Waals surface area contributed by atoms with Crippen LogP contribution < -0.4 is 10.1 Å². The first-order valence-corrected chi connectivity index (χ1v) is 11.5. The van der Waals surface area contributed by atoms with Crippen molar-refractivity contribution >= 4 is 39.9 Å². The zero-order valence-corrected chi connectivity index (χ0v) is 19.2. The predicted octanol–water partition coefficient (Wildman–Crippen LogP) is 4.52. The third kappa shape index (κ3) is 4.69. The molecule has 1 unspecified atom stereocenters. The second kappa shape index (κ2) is 9.56. The molecule has 3 aromatic rings. The normalized spacial score (nSPS) is 18.1. The van der Waals surface area contributed by atoms with E-state index in [1.165, 1.54) is 24.5 Å². The second-order valence-corrected chi connectivity index (χ2v) is 8.98. The molecule has 176 valence electrons. The first kappa shape index (κ1) is 22.6. The zero-order valence-electron chi connectivity index (χ0n) is 18.5. The molecule has 1 N–H and O–H groups in total. The number of anilines is 2. The first-order chi connectivity index (χ1) is 16.5. The molecule has 2 aliphatic heterocycles. The van der Waals surface area contributed by atoms with Crippen LogP contribution in [0.15, 0.2) is 49.3 Å². The van der Waals surface area contributed by atoms with Crippen molar-refractivity contribution in [3.8, 4) is 5.75 Å². The number of aromatic nitrogens is 2. The molecule has 2 aliphatic rings. The SMILES string of the molecule is C=CC(=O)N1CC(Cc2cc3c(Nc4ccc(F)c(Cl)c4)ncnc3cc2OC2CCOC2)C1. The first-order valence-electron chi connectivity index (χ1n) is 11.2. The average molecular weight is 483 g/mol. The molecule has 0 bridgehead atoms. The highest BCUT2D eigenvalue weighted by Gasteiger charge is 2.30. The van der Waals surface area contributed by atoms with Crippen molar-refractivity contribution in [2.24, 2.45) is 5.92 Å². The molecular weight excluding hydrogens is 459 g/mol. The number of benzene rings is 2. The number of hydrogen-bond acceptors (Lipinski definition) is 6. The van der Waals surface area contributed by atoms with E-state index >= 15 is 0 Å². The minimum Gasteiger partial charge on any atom is -0.488 e. The number of rotatable bonds is 7.